The second kappa shape index (κ2) is 6.41. The molecule has 0 heterocycles. The topological polar surface area (TPSA) is 21.3 Å². The van der Waals surface area contributed by atoms with Crippen molar-refractivity contribution in [2.24, 2.45) is 5.92 Å². The minimum atomic E-state index is 0.707. The molecule has 1 aliphatic rings. The average molecular weight is 298 g/mol. The van der Waals surface area contributed by atoms with Gasteiger partial charge in [-0.25, -0.2) is 0 Å². The highest BCUT2D eigenvalue weighted by Gasteiger charge is 2.20. The summed E-state index contributed by atoms with van der Waals surface area (Å²) in [7, 11) is 0. The molecule has 0 bridgehead atoms. The van der Waals surface area contributed by atoms with E-state index in [4.69, 9.17) is 4.74 Å². The van der Waals surface area contributed by atoms with Gasteiger partial charge in [0.05, 0.1) is 0 Å². The fourth-order valence-corrected chi connectivity index (χ4v) is 2.62. The highest BCUT2D eigenvalue weighted by Crippen LogP contribution is 2.24. The van der Waals surface area contributed by atoms with Crippen LogP contribution in [0.3, 0.4) is 0 Å². The fourth-order valence-electron chi connectivity index (χ4n) is 2.36. The van der Waals surface area contributed by atoms with Gasteiger partial charge < -0.3 is 10.1 Å². The molecule has 2 unspecified atom stereocenters. The van der Waals surface area contributed by atoms with Gasteiger partial charge in [-0.1, -0.05) is 22.9 Å². The van der Waals surface area contributed by atoms with Gasteiger partial charge in [0.25, 0.3) is 0 Å². The first-order valence-electron chi connectivity index (χ1n) is 6.36. The molecule has 2 rings (SSSR count). The summed E-state index contributed by atoms with van der Waals surface area (Å²) in [5.41, 5.74) is 0. The molecule has 17 heavy (non-hydrogen) atoms. The summed E-state index contributed by atoms with van der Waals surface area (Å²) < 4.78 is 6.75. The van der Waals surface area contributed by atoms with Crippen LogP contribution in [0, 0.1) is 5.92 Å². The first-order chi connectivity index (χ1) is 8.24. The van der Waals surface area contributed by atoms with Crippen LogP contribution < -0.4 is 10.1 Å². The van der Waals surface area contributed by atoms with E-state index in [9.17, 15) is 0 Å². The van der Waals surface area contributed by atoms with Crippen LogP contribution in [0.25, 0.3) is 0 Å². The molecule has 1 aliphatic carbocycles. The number of rotatable bonds is 5. The van der Waals surface area contributed by atoms with Gasteiger partial charge >= 0.3 is 0 Å². The van der Waals surface area contributed by atoms with Crippen LogP contribution in [0.15, 0.2) is 28.7 Å². The number of benzene rings is 1. The van der Waals surface area contributed by atoms with Crippen LogP contribution in [0.5, 0.6) is 5.75 Å². The van der Waals surface area contributed by atoms with Gasteiger partial charge in [-0.05, 0) is 49.4 Å². The van der Waals surface area contributed by atoms with E-state index in [1.165, 1.54) is 19.3 Å². The summed E-state index contributed by atoms with van der Waals surface area (Å²) in [5, 5.41) is 3.56. The van der Waals surface area contributed by atoms with Gasteiger partial charge in [-0.3, -0.25) is 0 Å². The van der Waals surface area contributed by atoms with E-state index in [0.717, 1.165) is 29.3 Å². The van der Waals surface area contributed by atoms with Crippen LogP contribution in [0.2, 0.25) is 0 Å². The SMILES string of the molecule is CC1CCC(NCCOc2ccc(Br)cc2)C1. The molecule has 1 fully saturated rings. The van der Waals surface area contributed by atoms with Crippen molar-refractivity contribution in [2.75, 3.05) is 13.2 Å². The zero-order valence-electron chi connectivity index (χ0n) is 10.3. The summed E-state index contributed by atoms with van der Waals surface area (Å²) in [5.74, 6) is 1.83. The van der Waals surface area contributed by atoms with Gasteiger partial charge in [0.2, 0.25) is 0 Å². The number of hydrogen-bond donors (Lipinski definition) is 1. The number of nitrogens with one attached hydrogen (secondary N) is 1. The molecule has 1 N–H and O–H groups in total. The third-order valence-electron chi connectivity index (χ3n) is 3.31. The molecule has 3 heteroatoms. The van der Waals surface area contributed by atoms with Crippen LogP contribution >= 0.6 is 15.9 Å². The summed E-state index contributed by atoms with van der Waals surface area (Å²) in [6.07, 6.45) is 4.00. The van der Waals surface area contributed by atoms with E-state index >= 15 is 0 Å². The molecule has 0 spiro atoms. The molecule has 1 aromatic rings. The van der Waals surface area contributed by atoms with Gasteiger partial charge in [0.1, 0.15) is 12.4 Å². The Morgan fingerprint density at radius 1 is 1.29 bits per heavy atom. The summed E-state index contributed by atoms with van der Waals surface area (Å²) in [6.45, 7) is 4.01. The highest BCUT2D eigenvalue weighted by atomic mass is 79.9. The first-order valence-corrected chi connectivity index (χ1v) is 7.15. The predicted octanol–water partition coefficient (Wildman–Crippen LogP) is 3.61. The number of halogens is 1. The van der Waals surface area contributed by atoms with Gasteiger partial charge in [0.15, 0.2) is 0 Å². The van der Waals surface area contributed by atoms with Crippen molar-refractivity contribution in [1.82, 2.24) is 5.32 Å². The Hall–Kier alpha value is -0.540. The molecule has 0 saturated heterocycles. The zero-order valence-corrected chi connectivity index (χ0v) is 11.9. The number of hydrogen-bond acceptors (Lipinski definition) is 2. The second-order valence-electron chi connectivity index (χ2n) is 4.87. The van der Waals surface area contributed by atoms with Gasteiger partial charge in [-0.2, -0.15) is 0 Å². The highest BCUT2D eigenvalue weighted by molar-refractivity contribution is 9.10. The Morgan fingerprint density at radius 3 is 2.71 bits per heavy atom. The lowest BCUT2D eigenvalue weighted by molar-refractivity contribution is 0.304. The molecule has 2 nitrogen and oxygen atoms in total. The maximum Gasteiger partial charge on any atom is 0.119 e. The Bertz CT molecular complexity index is 339. The average Bonchev–Trinajstić information content (AvgIpc) is 2.73. The van der Waals surface area contributed by atoms with Crippen LogP contribution in [-0.4, -0.2) is 19.2 Å². The predicted molar refractivity (Wildman–Crippen MR) is 74.4 cm³/mol. The Morgan fingerprint density at radius 2 is 2.06 bits per heavy atom. The molecule has 1 aromatic carbocycles. The Labute approximate surface area is 112 Å². The Kier molecular flexibility index (Phi) is 4.86. The quantitative estimate of drug-likeness (QED) is 0.839. The van der Waals surface area contributed by atoms with Crippen molar-refractivity contribution in [3.63, 3.8) is 0 Å². The Balaban J connectivity index is 1.61. The van der Waals surface area contributed by atoms with E-state index in [0.29, 0.717) is 6.04 Å². The van der Waals surface area contributed by atoms with Crippen molar-refractivity contribution in [2.45, 2.75) is 32.2 Å². The van der Waals surface area contributed by atoms with E-state index < -0.39 is 0 Å². The third kappa shape index (κ3) is 4.32. The number of ether oxygens (including phenoxy) is 1. The standard InChI is InChI=1S/C14H20BrNO/c1-11-2-5-13(10-11)16-8-9-17-14-6-3-12(15)4-7-14/h3-4,6-7,11,13,16H,2,5,8-10H2,1H3. The molecule has 0 radical (unpaired) electrons. The summed E-state index contributed by atoms with van der Waals surface area (Å²) in [6, 6.07) is 8.69. The second-order valence-corrected chi connectivity index (χ2v) is 5.79. The summed E-state index contributed by atoms with van der Waals surface area (Å²) in [4.78, 5) is 0. The normalized spacial score (nSPS) is 23.9. The third-order valence-corrected chi connectivity index (χ3v) is 3.84. The van der Waals surface area contributed by atoms with Crippen LogP contribution in [0.4, 0.5) is 0 Å². The maximum atomic E-state index is 5.66. The van der Waals surface area contributed by atoms with Crippen molar-refractivity contribution in [3.8, 4) is 5.75 Å². The zero-order chi connectivity index (χ0) is 12.1. The minimum Gasteiger partial charge on any atom is -0.492 e. The summed E-state index contributed by atoms with van der Waals surface area (Å²) >= 11 is 3.41. The van der Waals surface area contributed by atoms with E-state index in [1.54, 1.807) is 0 Å². The molecule has 0 aliphatic heterocycles. The van der Waals surface area contributed by atoms with Crippen molar-refractivity contribution in [3.05, 3.63) is 28.7 Å². The van der Waals surface area contributed by atoms with E-state index in [1.807, 2.05) is 24.3 Å². The lowest BCUT2D eigenvalue weighted by Crippen LogP contribution is -2.30. The van der Waals surface area contributed by atoms with Crippen molar-refractivity contribution < 1.29 is 4.74 Å². The van der Waals surface area contributed by atoms with E-state index in [2.05, 4.69) is 28.2 Å². The van der Waals surface area contributed by atoms with Crippen molar-refractivity contribution in [1.29, 1.82) is 0 Å². The van der Waals surface area contributed by atoms with Crippen molar-refractivity contribution >= 4 is 15.9 Å². The molecule has 94 valence electrons. The molecular weight excluding hydrogens is 278 g/mol. The van der Waals surface area contributed by atoms with Gasteiger partial charge in [-0.15, -0.1) is 0 Å². The lowest BCUT2D eigenvalue weighted by atomic mass is 10.1. The van der Waals surface area contributed by atoms with Crippen LogP contribution in [0.1, 0.15) is 26.2 Å². The first kappa shape index (κ1) is 12.9. The minimum absolute atomic E-state index is 0.707. The largest absolute Gasteiger partial charge is 0.492 e. The smallest absolute Gasteiger partial charge is 0.119 e. The van der Waals surface area contributed by atoms with Gasteiger partial charge in [0, 0.05) is 17.1 Å². The molecular formula is C14H20BrNO. The van der Waals surface area contributed by atoms with E-state index in [-0.39, 0.29) is 0 Å². The lowest BCUT2D eigenvalue weighted by Gasteiger charge is -2.12. The molecule has 0 aromatic heterocycles. The molecule has 0 amide bonds. The maximum absolute atomic E-state index is 5.66. The molecule has 1 saturated carbocycles. The van der Waals surface area contributed by atoms with Crippen LogP contribution in [-0.2, 0) is 0 Å². The fraction of sp³-hybridized carbons (Fsp3) is 0.571. The monoisotopic (exact) mass is 297 g/mol. The molecule has 2 atom stereocenters.